The van der Waals surface area contributed by atoms with Crippen molar-refractivity contribution >= 4 is 28.9 Å². The SMILES string of the molecule is Cc1csc(C(=O)O)c1NC(=O)c1cncc(O)c1. The molecule has 1 amide bonds. The van der Waals surface area contributed by atoms with E-state index in [0.29, 0.717) is 5.56 Å². The van der Waals surface area contributed by atoms with E-state index < -0.39 is 11.9 Å². The minimum absolute atomic E-state index is 0.0685. The van der Waals surface area contributed by atoms with Gasteiger partial charge in [0.05, 0.1) is 17.4 Å². The first-order chi connectivity index (χ1) is 8.99. The summed E-state index contributed by atoms with van der Waals surface area (Å²) >= 11 is 1.05. The van der Waals surface area contributed by atoms with E-state index in [1.165, 1.54) is 18.5 Å². The number of aromatic nitrogens is 1. The van der Waals surface area contributed by atoms with Crippen LogP contribution in [0.5, 0.6) is 5.75 Å². The number of aromatic carboxylic acids is 1. The summed E-state index contributed by atoms with van der Waals surface area (Å²) in [5, 5.41) is 22.4. The Balaban J connectivity index is 2.29. The molecule has 2 rings (SSSR count). The topological polar surface area (TPSA) is 99.5 Å². The maximum atomic E-state index is 11.9. The van der Waals surface area contributed by atoms with Gasteiger partial charge in [-0.1, -0.05) is 0 Å². The second-order valence-corrected chi connectivity index (χ2v) is 4.69. The van der Waals surface area contributed by atoms with Crippen molar-refractivity contribution in [2.75, 3.05) is 5.32 Å². The zero-order chi connectivity index (χ0) is 14.0. The number of carbonyl (C=O) groups is 2. The van der Waals surface area contributed by atoms with Crippen LogP contribution >= 0.6 is 11.3 Å². The molecule has 0 aliphatic heterocycles. The molecule has 6 nitrogen and oxygen atoms in total. The van der Waals surface area contributed by atoms with Crippen molar-refractivity contribution in [1.82, 2.24) is 4.98 Å². The van der Waals surface area contributed by atoms with Crippen LogP contribution in [0.1, 0.15) is 25.6 Å². The molecule has 0 aliphatic rings. The van der Waals surface area contributed by atoms with Gasteiger partial charge in [0.15, 0.2) is 0 Å². The van der Waals surface area contributed by atoms with Crippen LogP contribution in [0.3, 0.4) is 0 Å². The van der Waals surface area contributed by atoms with E-state index >= 15 is 0 Å². The first kappa shape index (κ1) is 13.0. The van der Waals surface area contributed by atoms with Gasteiger partial charge < -0.3 is 15.5 Å². The molecule has 7 heteroatoms. The molecular weight excluding hydrogens is 268 g/mol. The normalized spacial score (nSPS) is 10.2. The predicted octanol–water partition coefficient (Wildman–Crippen LogP) is 2.11. The minimum atomic E-state index is -1.09. The highest BCUT2D eigenvalue weighted by atomic mass is 32.1. The van der Waals surface area contributed by atoms with Gasteiger partial charge in [-0.2, -0.15) is 0 Å². The molecule has 0 fully saturated rings. The van der Waals surface area contributed by atoms with Crippen LogP contribution in [0.15, 0.2) is 23.8 Å². The quantitative estimate of drug-likeness (QED) is 0.798. The lowest BCUT2D eigenvalue weighted by atomic mass is 10.2. The smallest absolute Gasteiger partial charge is 0.348 e. The fourth-order valence-electron chi connectivity index (χ4n) is 1.49. The molecule has 0 saturated carbocycles. The highest BCUT2D eigenvalue weighted by molar-refractivity contribution is 7.12. The number of carboxylic acid groups (broad SMARTS) is 1. The van der Waals surface area contributed by atoms with Crippen molar-refractivity contribution in [2.45, 2.75) is 6.92 Å². The third kappa shape index (κ3) is 2.71. The van der Waals surface area contributed by atoms with Gasteiger partial charge in [0.2, 0.25) is 0 Å². The Labute approximate surface area is 112 Å². The highest BCUT2D eigenvalue weighted by Gasteiger charge is 2.18. The van der Waals surface area contributed by atoms with Gasteiger partial charge in [-0.25, -0.2) is 4.79 Å². The van der Waals surface area contributed by atoms with E-state index in [4.69, 9.17) is 5.11 Å². The number of rotatable bonds is 3. The van der Waals surface area contributed by atoms with E-state index in [9.17, 15) is 14.7 Å². The number of carboxylic acids is 1. The summed E-state index contributed by atoms with van der Waals surface area (Å²) in [4.78, 5) is 26.7. The lowest BCUT2D eigenvalue weighted by Crippen LogP contribution is -2.14. The summed E-state index contributed by atoms with van der Waals surface area (Å²) < 4.78 is 0. The van der Waals surface area contributed by atoms with Crippen molar-refractivity contribution in [2.24, 2.45) is 0 Å². The Kier molecular flexibility index (Phi) is 3.48. The van der Waals surface area contributed by atoms with Gasteiger partial charge in [-0.05, 0) is 23.9 Å². The van der Waals surface area contributed by atoms with Crippen LogP contribution in [0, 0.1) is 6.92 Å². The molecule has 0 spiro atoms. The number of anilines is 1. The Morgan fingerprint density at radius 2 is 2.11 bits per heavy atom. The Hall–Kier alpha value is -2.41. The largest absolute Gasteiger partial charge is 0.506 e. The lowest BCUT2D eigenvalue weighted by Gasteiger charge is -2.06. The number of aryl methyl sites for hydroxylation is 1. The third-order valence-corrected chi connectivity index (χ3v) is 3.48. The number of hydrogen-bond donors (Lipinski definition) is 3. The Bertz CT molecular complexity index is 651. The monoisotopic (exact) mass is 278 g/mol. The van der Waals surface area contributed by atoms with Gasteiger partial charge in [0.25, 0.3) is 5.91 Å². The summed E-state index contributed by atoms with van der Waals surface area (Å²) in [6.45, 7) is 1.71. The van der Waals surface area contributed by atoms with Gasteiger partial charge in [0.1, 0.15) is 10.6 Å². The number of nitrogens with one attached hydrogen (secondary N) is 1. The van der Waals surface area contributed by atoms with Crippen LogP contribution in [-0.2, 0) is 0 Å². The number of carbonyl (C=O) groups excluding carboxylic acids is 1. The lowest BCUT2D eigenvalue weighted by molar-refractivity contribution is 0.0703. The number of aromatic hydroxyl groups is 1. The molecule has 0 aromatic carbocycles. The average molecular weight is 278 g/mol. The number of hydrogen-bond acceptors (Lipinski definition) is 5. The van der Waals surface area contributed by atoms with Gasteiger partial charge >= 0.3 is 5.97 Å². The van der Waals surface area contributed by atoms with E-state index in [1.54, 1.807) is 12.3 Å². The molecule has 0 unspecified atom stereocenters. The Morgan fingerprint density at radius 1 is 1.37 bits per heavy atom. The Morgan fingerprint density at radius 3 is 2.74 bits per heavy atom. The van der Waals surface area contributed by atoms with E-state index in [-0.39, 0.29) is 21.9 Å². The highest BCUT2D eigenvalue weighted by Crippen LogP contribution is 2.28. The molecule has 2 aromatic heterocycles. The first-order valence-corrected chi connectivity index (χ1v) is 6.13. The van der Waals surface area contributed by atoms with Crippen LogP contribution in [0.4, 0.5) is 5.69 Å². The summed E-state index contributed by atoms with van der Waals surface area (Å²) in [6.07, 6.45) is 2.49. The van der Waals surface area contributed by atoms with Crippen molar-refractivity contribution in [1.29, 1.82) is 0 Å². The fraction of sp³-hybridized carbons (Fsp3) is 0.0833. The minimum Gasteiger partial charge on any atom is -0.506 e. The van der Waals surface area contributed by atoms with Crippen LogP contribution in [0.2, 0.25) is 0 Å². The molecular formula is C12H10N2O4S. The number of nitrogens with zero attached hydrogens (tertiary/aromatic N) is 1. The summed E-state index contributed by atoms with van der Waals surface area (Å²) in [5.41, 5.74) is 1.09. The van der Waals surface area contributed by atoms with Gasteiger partial charge in [0, 0.05) is 6.20 Å². The number of amides is 1. The van der Waals surface area contributed by atoms with E-state index in [0.717, 1.165) is 11.3 Å². The van der Waals surface area contributed by atoms with Gasteiger partial charge in [-0.3, -0.25) is 9.78 Å². The second kappa shape index (κ2) is 5.07. The van der Waals surface area contributed by atoms with Crippen molar-refractivity contribution in [3.05, 3.63) is 39.8 Å². The molecule has 2 heterocycles. The van der Waals surface area contributed by atoms with Crippen LogP contribution in [-0.4, -0.2) is 27.1 Å². The molecule has 2 aromatic rings. The number of pyridine rings is 1. The predicted molar refractivity (Wildman–Crippen MR) is 69.9 cm³/mol. The molecule has 0 saturated heterocycles. The van der Waals surface area contributed by atoms with E-state index in [1.807, 2.05) is 0 Å². The summed E-state index contributed by atoms with van der Waals surface area (Å²) in [7, 11) is 0. The van der Waals surface area contributed by atoms with Crippen molar-refractivity contribution in [3.63, 3.8) is 0 Å². The fourth-order valence-corrected chi connectivity index (χ4v) is 2.34. The van der Waals surface area contributed by atoms with Crippen LogP contribution in [0.25, 0.3) is 0 Å². The summed E-state index contributed by atoms with van der Waals surface area (Å²) in [6, 6.07) is 1.25. The van der Waals surface area contributed by atoms with E-state index in [2.05, 4.69) is 10.3 Å². The van der Waals surface area contributed by atoms with Gasteiger partial charge in [-0.15, -0.1) is 11.3 Å². The molecule has 0 bridgehead atoms. The molecule has 0 aliphatic carbocycles. The maximum absolute atomic E-state index is 11.9. The zero-order valence-corrected chi connectivity index (χ0v) is 10.7. The van der Waals surface area contributed by atoms with Crippen molar-refractivity contribution < 1.29 is 19.8 Å². The first-order valence-electron chi connectivity index (χ1n) is 5.26. The third-order valence-electron chi connectivity index (χ3n) is 2.39. The number of thiophene rings is 1. The standard InChI is InChI=1S/C12H10N2O4S/c1-6-5-19-10(12(17)18)9(6)14-11(16)7-2-8(15)4-13-3-7/h2-5,15H,1H3,(H,14,16)(H,17,18). The second-order valence-electron chi connectivity index (χ2n) is 3.81. The maximum Gasteiger partial charge on any atom is 0.348 e. The molecule has 98 valence electrons. The molecule has 3 N–H and O–H groups in total. The zero-order valence-electron chi connectivity index (χ0n) is 9.88. The average Bonchev–Trinajstić information content (AvgIpc) is 2.71. The molecule has 19 heavy (non-hydrogen) atoms. The van der Waals surface area contributed by atoms with Crippen molar-refractivity contribution in [3.8, 4) is 5.75 Å². The molecule has 0 atom stereocenters. The molecule has 0 radical (unpaired) electrons. The summed E-state index contributed by atoms with van der Waals surface area (Å²) in [5.74, 6) is -1.75. The van der Waals surface area contributed by atoms with Crippen LogP contribution < -0.4 is 5.32 Å².